The topological polar surface area (TPSA) is 34.4 Å². The molecule has 118 valence electrons. The fraction of sp³-hybridized carbons (Fsp3) is 0.111. The van der Waals surface area contributed by atoms with Crippen LogP contribution in [0.3, 0.4) is 0 Å². The number of para-hydroxylation sites is 1. The molecular formula is C18H17BrN2OS. The Kier molecular flexibility index (Phi) is 6.07. The molecule has 0 amide bonds. The molecule has 23 heavy (non-hydrogen) atoms. The van der Waals surface area contributed by atoms with E-state index in [0.717, 1.165) is 21.7 Å². The number of hydrogen-bond donors (Lipinski definition) is 0. The monoisotopic (exact) mass is 388 g/mol. The lowest BCUT2D eigenvalue weighted by Gasteiger charge is -2.05. The van der Waals surface area contributed by atoms with Gasteiger partial charge in [0.15, 0.2) is 10.6 Å². The van der Waals surface area contributed by atoms with Crippen LogP contribution in [0.5, 0.6) is 0 Å². The van der Waals surface area contributed by atoms with Gasteiger partial charge in [0.1, 0.15) is 0 Å². The third-order valence-corrected chi connectivity index (χ3v) is 4.35. The van der Waals surface area contributed by atoms with E-state index < -0.39 is 0 Å². The summed E-state index contributed by atoms with van der Waals surface area (Å²) in [4.78, 5) is 17.9. The zero-order chi connectivity index (χ0) is 15.4. The first-order valence-electron chi connectivity index (χ1n) is 7.07. The van der Waals surface area contributed by atoms with Gasteiger partial charge in [-0.3, -0.25) is 4.79 Å². The largest absolute Gasteiger partial charge is 0.313 e. The highest BCUT2D eigenvalue weighted by atomic mass is 79.9. The minimum absolute atomic E-state index is 0. The molecular weight excluding hydrogens is 372 g/mol. The van der Waals surface area contributed by atoms with Gasteiger partial charge in [0.25, 0.3) is 0 Å². The molecule has 3 aromatic rings. The second kappa shape index (κ2) is 8.04. The first-order chi connectivity index (χ1) is 10.7. The van der Waals surface area contributed by atoms with Crippen molar-refractivity contribution in [3.8, 4) is 0 Å². The van der Waals surface area contributed by atoms with Crippen molar-refractivity contribution in [1.82, 2.24) is 4.57 Å². The SMILES string of the molecule is Br.Cc1csc(=Nc2ccccc2)n1CC(=O)c1ccccc1. The van der Waals surface area contributed by atoms with Gasteiger partial charge in [0.2, 0.25) is 0 Å². The molecule has 0 atom stereocenters. The molecule has 0 saturated heterocycles. The number of carbonyl (C=O) groups excluding carboxylic acids is 1. The van der Waals surface area contributed by atoms with Crippen molar-refractivity contribution >= 4 is 39.8 Å². The van der Waals surface area contributed by atoms with Crippen LogP contribution in [-0.4, -0.2) is 10.4 Å². The maximum atomic E-state index is 12.4. The maximum Gasteiger partial charge on any atom is 0.190 e. The average molecular weight is 389 g/mol. The second-order valence-electron chi connectivity index (χ2n) is 4.98. The van der Waals surface area contributed by atoms with Crippen LogP contribution in [0.4, 0.5) is 5.69 Å². The number of nitrogens with zero attached hydrogens (tertiary/aromatic N) is 2. The molecule has 5 heteroatoms. The smallest absolute Gasteiger partial charge is 0.190 e. The third kappa shape index (κ3) is 4.27. The van der Waals surface area contributed by atoms with E-state index in [0.29, 0.717) is 6.54 Å². The molecule has 0 saturated carbocycles. The Morgan fingerprint density at radius 1 is 1.04 bits per heavy atom. The standard InChI is InChI=1S/C18H16N2OS.BrH/c1-14-13-22-18(19-16-10-6-3-7-11-16)20(14)12-17(21)15-8-4-2-5-9-15;/h2-11,13H,12H2,1H3;1H. The molecule has 0 spiro atoms. The summed E-state index contributed by atoms with van der Waals surface area (Å²) in [6.07, 6.45) is 0. The number of hydrogen-bond acceptors (Lipinski definition) is 3. The first-order valence-corrected chi connectivity index (χ1v) is 7.95. The summed E-state index contributed by atoms with van der Waals surface area (Å²) in [6.45, 7) is 2.31. The van der Waals surface area contributed by atoms with E-state index in [9.17, 15) is 4.79 Å². The van der Waals surface area contributed by atoms with Crippen LogP contribution in [0, 0.1) is 6.92 Å². The molecule has 1 heterocycles. The van der Waals surface area contributed by atoms with E-state index in [-0.39, 0.29) is 22.8 Å². The normalized spacial score (nSPS) is 11.1. The summed E-state index contributed by atoms with van der Waals surface area (Å²) in [5.74, 6) is 0.0941. The van der Waals surface area contributed by atoms with Gasteiger partial charge in [-0.15, -0.1) is 28.3 Å². The zero-order valence-corrected chi connectivity index (χ0v) is 15.2. The summed E-state index contributed by atoms with van der Waals surface area (Å²) in [5, 5.41) is 2.03. The van der Waals surface area contributed by atoms with Crippen molar-refractivity contribution in [1.29, 1.82) is 0 Å². The molecule has 2 aromatic carbocycles. The molecule has 0 aliphatic rings. The Morgan fingerprint density at radius 2 is 1.65 bits per heavy atom. The highest BCUT2D eigenvalue weighted by molar-refractivity contribution is 8.93. The number of halogens is 1. The van der Waals surface area contributed by atoms with E-state index in [1.165, 1.54) is 0 Å². The average Bonchev–Trinajstić information content (AvgIpc) is 2.90. The summed E-state index contributed by atoms with van der Waals surface area (Å²) in [7, 11) is 0. The third-order valence-electron chi connectivity index (χ3n) is 3.37. The molecule has 0 fully saturated rings. The van der Waals surface area contributed by atoms with Gasteiger partial charge >= 0.3 is 0 Å². The fourth-order valence-corrected chi connectivity index (χ4v) is 3.06. The van der Waals surface area contributed by atoms with E-state index in [1.807, 2.05) is 77.5 Å². The molecule has 0 unspecified atom stereocenters. The molecule has 3 rings (SSSR count). The highest BCUT2D eigenvalue weighted by Crippen LogP contribution is 2.11. The van der Waals surface area contributed by atoms with Crippen LogP contribution in [0.25, 0.3) is 0 Å². The predicted octanol–water partition coefficient (Wildman–Crippen LogP) is 4.55. The highest BCUT2D eigenvalue weighted by Gasteiger charge is 2.09. The van der Waals surface area contributed by atoms with Crippen LogP contribution < -0.4 is 4.80 Å². The Morgan fingerprint density at radius 3 is 2.30 bits per heavy atom. The Balaban J connectivity index is 0.00000192. The van der Waals surface area contributed by atoms with Crippen molar-refractivity contribution in [2.45, 2.75) is 13.5 Å². The van der Waals surface area contributed by atoms with E-state index in [2.05, 4.69) is 4.99 Å². The van der Waals surface area contributed by atoms with Gasteiger partial charge < -0.3 is 4.57 Å². The Hall–Kier alpha value is -1.98. The van der Waals surface area contributed by atoms with Crippen LogP contribution in [-0.2, 0) is 6.54 Å². The van der Waals surface area contributed by atoms with Crippen LogP contribution >= 0.6 is 28.3 Å². The van der Waals surface area contributed by atoms with E-state index >= 15 is 0 Å². The number of ketones is 1. The molecule has 3 nitrogen and oxygen atoms in total. The van der Waals surface area contributed by atoms with E-state index in [4.69, 9.17) is 0 Å². The first kappa shape index (κ1) is 17.4. The lowest BCUT2D eigenvalue weighted by Crippen LogP contribution is -2.21. The summed E-state index contributed by atoms with van der Waals surface area (Å²) < 4.78 is 1.97. The van der Waals surface area contributed by atoms with Gasteiger partial charge in [-0.2, -0.15) is 0 Å². The zero-order valence-electron chi connectivity index (χ0n) is 12.7. The maximum absolute atomic E-state index is 12.4. The summed E-state index contributed by atoms with van der Waals surface area (Å²) in [6, 6.07) is 19.2. The lowest BCUT2D eigenvalue weighted by atomic mass is 10.1. The number of benzene rings is 2. The number of Topliss-reactive ketones (excluding diaryl/α,β-unsaturated/α-hetero) is 1. The fourth-order valence-electron chi connectivity index (χ4n) is 2.17. The van der Waals surface area contributed by atoms with Crippen molar-refractivity contribution in [2.75, 3.05) is 0 Å². The second-order valence-corrected chi connectivity index (χ2v) is 5.82. The van der Waals surface area contributed by atoms with Gasteiger partial charge in [-0.25, -0.2) is 4.99 Å². The number of rotatable bonds is 4. The van der Waals surface area contributed by atoms with Gasteiger partial charge in [-0.1, -0.05) is 48.5 Å². The molecule has 0 aliphatic carbocycles. The molecule has 0 aliphatic heterocycles. The number of thiazole rings is 1. The number of aromatic nitrogens is 1. The summed E-state index contributed by atoms with van der Waals surface area (Å²) in [5.41, 5.74) is 2.67. The van der Waals surface area contributed by atoms with E-state index in [1.54, 1.807) is 11.3 Å². The van der Waals surface area contributed by atoms with Crippen molar-refractivity contribution < 1.29 is 4.79 Å². The number of carbonyl (C=O) groups is 1. The van der Waals surface area contributed by atoms with Gasteiger partial charge in [-0.05, 0) is 19.1 Å². The minimum Gasteiger partial charge on any atom is -0.313 e. The Labute approximate surface area is 149 Å². The van der Waals surface area contributed by atoms with Gasteiger partial charge in [0, 0.05) is 16.6 Å². The predicted molar refractivity (Wildman–Crippen MR) is 99.8 cm³/mol. The van der Waals surface area contributed by atoms with Crippen LogP contribution in [0.1, 0.15) is 16.1 Å². The van der Waals surface area contributed by atoms with Crippen molar-refractivity contribution in [3.63, 3.8) is 0 Å². The van der Waals surface area contributed by atoms with Crippen LogP contribution in [0.2, 0.25) is 0 Å². The Bertz CT molecular complexity index is 838. The molecule has 0 N–H and O–H groups in total. The molecule has 0 bridgehead atoms. The molecule has 1 aromatic heterocycles. The van der Waals surface area contributed by atoms with Gasteiger partial charge in [0.05, 0.1) is 12.2 Å². The minimum atomic E-state index is 0. The van der Waals surface area contributed by atoms with Crippen molar-refractivity contribution in [2.24, 2.45) is 4.99 Å². The molecule has 0 radical (unpaired) electrons. The number of aryl methyl sites for hydroxylation is 1. The quantitative estimate of drug-likeness (QED) is 0.603. The van der Waals surface area contributed by atoms with Crippen LogP contribution in [0.15, 0.2) is 71.0 Å². The van der Waals surface area contributed by atoms with Crippen molar-refractivity contribution in [3.05, 3.63) is 82.1 Å². The summed E-state index contributed by atoms with van der Waals surface area (Å²) >= 11 is 1.55. The lowest BCUT2D eigenvalue weighted by molar-refractivity contribution is 0.0970.